The first-order valence-electron chi connectivity index (χ1n) is 4.10. The summed E-state index contributed by atoms with van der Waals surface area (Å²) >= 11 is 0. The minimum atomic E-state index is -4.45. The molecule has 0 radical (unpaired) electrons. The third-order valence-electron chi connectivity index (χ3n) is 1.47. The number of rotatable bonds is 3. The molecule has 1 amide bonds. The molecule has 1 aromatic heterocycles. The van der Waals surface area contributed by atoms with E-state index in [9.17, 15) is 18.0 Å². The minimum Gasteiger partial charge on any atom is -0.468 e. The lowest BCUT2D eigenvalue weighted by Crippen LogP contribution is -2.30. The molecule has 0 bridgehead atoms. The standard InChI is InChI=1S/C8H8F3N3O2/c9-8(10,11)4-16-6-3-1-2-5(13-6)7(15)14-12/h1-3H,4,12H2,(H,14,15). The van der Waals surface area contributed by atoms with Crippen LogP contribution < -0.4 is 16.0 Å². The highest BCUT2D eigenvalue weighted by molar-refractivity contribution is 5.91. The van der Waals surface area contributed by atoms with Gasteiger partial charge in [-0.15, -0.1) is 0 Å². The summed E-state index contributed by atoms with van der Waals surface area (Å²) in [6.07, 6.45) is -4.45. The zero-order chi connectivity index (χ0) is 12.2. The molecule has 0 unspecified atom stereocenters. The number of amides is 1. The van der Waals surface area contributed by atoms with Crippen molar-refractivity contribution in [3.63, 3.8) is 0 Å². The summed E-state index contributed by atoms with van der Waals surface area (Å²) in [5.41, 5.74) is 1.68. The number of carbonyl (C=O) groups is 1. The molecule has 0 spiro atoms. The first-order chi connectivity index (χ1) is 7.42. The van der Waals surface area contributed by atoms with Crippen molar-refractivity contribution in [2.24, 2.45) is 5.84 Å². The molecule has 88 valence electrons. The molecular formula is C8H8F3N3O2. The van der Waals surface area contributed by atoms with E-state index >= 15 is 0 Å². The molecular weight excluding hydrogens is 227 g/mol. The number of pyridine rings is 1. The summed E-state index contributed by atoms with van der Waals surface area (Å²) in [4.78, 5) is 14.5. The molecule has 0 saturated heterocycles. The molecule has 1 heterocycles. The Hall–Kier alpha value is -1.83. The van der Waals surface area contributed by atoms with Gasteiger partial charge in [0.1, 0.15) is 5.69 Å². The number of hydrogen-bond donors (Lipinski definition) is 2. The number of nitrogen functional groups attached to an aromatic ring is 1. The second-order valence-electron chi connectivity index (χ2n) is 2.74. The van der Waals surface area contributed by atoms with Crippen LogP contribution in [0.25, 0.3) is 0 Å². The first kappa shape index (κ1) is 12.2. The second kappa shape index (κ2) is 4.79. The van der Waals surface area contributed by atoms with Gasteiger partial charge in [0.05, 0.1) is 0 Å². The predicted molar refractivity (Wildman–Crippen MR) is 47.4 cm³/mol. The Labute approximate surface area is 88.4 Å². The van der Waals surface area contributed by atoms with E-state index in [-0.39, 0.29) is 11.6 Å². The van der Waals surface area contributed by atoms with Crippen molar-refractivity contribution in [3.05, 3.63) is 23.9 Å². The predicted octanol–water partition coefficient (Wildman–Crippen LogP) is 0.626. The molecule has 16 heavy (non-hydrogen) atoms. The number of halogens is 3. The Morgan fingerprint density at radius 2 is 2.19 bits per heavy atom. The van der Waals surface area contributed by atoms with E-state index in [4.69, 9.17) is 5.84 Å². The molecule has 0 fully saturated rings. The number of nitrogens with zero attached hydrogens (tertiary/aromatic N) is 1. The van der Waals surface area contributed by atoms with Gasteiger partial charge in [0.25, 0.3) is 5.91 Å². The van der Waals surface area contributed by atoms with E-state index in [1.165, 1.54) is 18.2 Å². The van der Waals surface area contributed by atoms with Crippen molar-refractivity contribution < 1.29 is 22.7 Å². The Kier molecular flexibility index (Phi) is 3.67. The van der Waals surface area contributed by atoms with Crippen LogP contribution in [0.15, 0.2) is 18.2 Å². The first-order valence-corrected chi connectivity index (χ1v) is 4.10. The lowest BCUT2D eigenvalue weighted by Gasteiger charge is -2.08. The van der Waals surface area contributed by atoms with Crippen LogP contribution in [-0.2, 0) is 0 Å². The molecule has 0 atom stereocenters. The van der Waals surface area contributed by atoms with E-state index < -0.39 is 18.7 Å². The van der Waals surface area contributed by atoms with Crippen LogP contribution >= 0.6 is 0 Å². The highest BCUT2D eigenvalue weighted by atomic mass is 19.4. The van der Waals surface area contributed by atoms with Crippen molar-refractivity contribution in [3.8, 4) is 5.88 Å². The summed E-state index contributed by atoms with van der Waals surface area (Å²) in [6.45, 7) is -1.46. The highest BCUT2D eigenvalue weighted by Gasteiger charge is 2.28. The van der Waals surface area contributed by atoms with Gasteiger partial charge >= 0.3 is 6.18 Å². The van der Waals surface area contributed by atoms with E-state index in [1.54, 1.807) is 5.43 Å². The van der Waals surface area contributed by atoms with Gasteiger partial charge in [-0.3, -0.25) is 10.2 Å². The van der Waals surface area contributed by atoms with Gasteiger partial charge in [-0.25, -0.2) is 10.8 Å². The summed E-state index contributed by atoms with van der Waals surface area (Å²) in [5, 5.41) is 0. The Bertz CT molecular complexity index is 381. The minimum absolute atomic E-state index is 0.123. The third-order valence-corrected chi connectivity index (χ3v) is 1.47. The van der Waals surface area contributed by atoms with Crippen LogP contribution in [0.2, 0.25) is 0 Å². The van der Waals surface area contributed by atoms with Crippen LogP contribution in [0.5, 0.6) is 5.88 Å². The summed E-state index contributed by atoms with van der Waals surface area (Å²) in [7, 11) is 0. The number of hydrazine groups is 1. The molecule has 8 heteroatoms. The maximum atomic E-state index is 11.8. The average molecular weight is 235 g/mol. The number of aromatic nitrogens is 1. The maximum Gasteiger partial charge on any atom is 0.422 e. The molecule has 0 aromatic carbocycles. The van der Waals surface area contributed by atoms with Crippen molar-refractivity contribution >= 4 is 5.91 Å². The Morgan fingerprint density at radius 1 is 1.50 bits per heavy atom. The normalized spacial score (nSPS) is 11.0. The number of carbonyl (C=O) groups excluding carboxylic acids is 1. The summed E-state index contributed by atoms with van der Waals surface area (Å²) in [5.74, 6) is 3.83. The van der Waals surface area contributed by atoms with Crippen molar-refractivity contribution in [2.75, 3.05) is 6.61 Å². The van der Waals surface area contributed by atoms with Crippen molar-refractivity contribution in [2.45, 2.75) is 6.18 Å². The molecule has 0 aliphatic heterocycles. The zero-order valence-corrected chi connectivity index (χ0v) is 7.91. The molecule has 0 aliphatic carbocycles. The second-order valence-corrected chi connectivity index (χ2v) is 2.74. The van der Waals surface area contributed by atoms with Crippen LogP contribution in [0.1, 0.15) is 10.5 Å². The van der Waals surface area contributed by atoms with Crippen LogP contribution in [0.3, 0.4) is 0 Å². The fourth-order valence-electron chi connectivity index (χ4n) is 0.851. The Balaban J connectivity index is 2.71. The molecule has 0 saturated carbocycles. The van der Waals surface area contributed by atoms with Gasteiger partial charge < -0.3 is 4.74 Å². The quantitative estimate of drug-likeness (QED) is 0.457. The third kappa shape index (κ3) is 3.73. The van der Waals surface area contributed by atoms with Crippen LogP contribution in [0.4, 0.5) is 13.2 Å². The fraction of sp³-hybridized carbons (Fsp3) is 0.250. The van der Waals surface area contributed by atoms with Crippen LogP contribution in [0, 0.1) is 0 Å². The zero-order valence-electron chi connectivity index (χ0n) is 7.91. The van der Waals surface area contributed by atoms with Crippen molar-refractivity contribution in [1.29, 1.82) is 0 Å². The van der Waals surface area contributed by atoms with Gasteiger partial charge in [0.15, 0.2) is 6.61 Å². The van der Waals surface area contributed by atoms with Gasteiger partial charge in [0, 0.05) is 6.07 Å². The highest BCUT2D eigenvalue weighted by Crippen LogP contribution is 2.16. The molecule has 0 aliphatic rings. The van der Waals surface area contributed by atoms with Gasteiger partial charge in [0.2, 0.25) is 5.88 Å². The molecule has 1 rings (SSSR count). The maximum absolute atomic E-state index is 11.8. The van der Waals surface area contributed by atoms with Gasteiger partial charge in [-0.05, 0) is 6.07 Å². The largest absolute Gasteiger partial charge is 0.468 e. The number of hydrogen-bond acceptors (Lipinski definition) is 4. The molecule has 1 aromatic rings. The van der Waals surface area contributed by atoms with E-state index in [2.05, 4.69) is 9.72 Å². The number of ether oxygens (including phenoxy) is 1. The number of nitrogens with two attached hydrogens (primary N) is 1. The summed E-state index contributed by atoms with van der Waals surface area (Å²) in [6, 6.07) is 3.84. The SMILES string of the molecule is NNC(=O)c1cccc(OCC(F)(F)F)n1. The lowest BCUT2D eigenvalue weighted by molar-refractivity contribution is -0.154. The van der Waals surface area contributed by atoms with Gasteiger partial charge in [-0.2, -0.15) is 13.2 Å². The van der Waals surface area contributed by atoms with Crippen LogP contribution in [-0.4, -0.2) is 23.7 Å². The smallest absolute Gasteiger partial charge is 0.422 e. The summed E-state index contributed by atoms with van der Waals surface area (Å²) < 4.78 is 39.8. The molecule has 3 N–H and O–H groups in total. The lowest BCUT2D eigenvalue weighted by atomic mass is 10.3. The Morgan fingerprint density at radius 3 is 2.75 bits per heavy atom. The van der Waals surface area contributed by atoms with E-state index in [0.29, 0.717) is 0 Å². The van der Waals surface area contributed by atoms with E-state index in [1.807, 2.05) is 0 Å². The monoisotopic (exact) mass is 235 g/mol. The van der Waals surface area contributed by atoms with Gasteiger partial charge in [-0.1, -0.05) is 6.07 Å². The average Bonchev–Trinajstić information content (AvgIpc) is 2.25. The fourth-order valence-corrected chi connectivity index (χ4v) is 0.851. The van der Waals surface area contributed by atoms with E-state index in [0.717, 1.165) is 0 Å². The number of nitrogens with one attached hydrogen (secondary N) is 1. The topological polar surface area (TPSA) is 77.2 Å². The number of alkyl halides is 3. The van der Waals surface area contributed by atoms with Crippen molar-refractivity contribution in [1.82, 2.24) is 10.4 Å². The molecule has 5 nitrogen and oxygen atoms in total.